The Morgan fingerprint density at radius 1 is 1.25 bits per heavy atom. The third-order valence-electron chi connectivity index (χ3n) is 4.49. The summed E-state index contributed by atoms with van der Waals surface area (Å²) in [5.74, 6) is 1.27. The normalized spacial score (nSPS) is 14.5. The number of rotatable bonds is 12. The highest BCUT2D eigenvalue weighted by molar-refractivity contribution is 5.79. The molecule has 0 spiro atoms. The first kappa shape index (κ1) is 22.2. The molecule has 1 aromatic carbocycles. The first-order chi connectivity index (χ1) is 13.6. The zero-order valence-corrected chi connectivity index (χ0v) is 16.7. The lowest BCUT2D eigenvalue weighted by Crippen LogP contribution is -2.42. The predicted octanol–water partition coefficient (Wildman–Crippen LogP) is 2.07. The lowest BCUT2D eigenvalue weighted by molar-refractivity contribution is -0.0504. The number of aliphatic imine (C=N–C) groups is 1. The summed E-state index contributed by atoms with van der Waals surface area (Å²) in [7, 11) is 4.90. The van der Waals surface area contributed by atoms with Crippen LogP contribution >= 0.6 is 0 Å². The largest absolute Gasteiger partial charge is 0.497 e. The second kappa shape index (κ2) is 11.7. The lowest BCUT2D eigenvalue weighted by Gasteiger charge is -2.22. The van der Waals surface area contributed by atoms with Crippen LogP contribution in [-0.2, 0) is 11.3 Å². The van der Waals surface area contributed by atoms with Crippen molar-refractivity contribution in [3.05, 3.63) is 23.8 Å². The van der Waals surface area contributed by atoms with Gasteiger partial charge in [-0.15, -0.1) is 0 Å². The molecule has 158 valence electrons. The van der Waals surface area contributed by atoms with E-state index in [1.165, 1.54) is 26.0 Å². The first-order valence-electron chi connectivity index (χ1n) is 9.36. The van der Waals surface area contributed by atoms with Crippen LogP contribution in [0, 0.1) is 0 Å². The second-order valence-corrected chi connectivity index (χ2v) is 6.46. The zero-order valence-electron chi connectivity index (χ0n) is 16.7. The number of halogens is 2. The van der Waals surface area contributed by atoms with Gasteiger partial charge in [0.15, 0.2) is 5.96 Å². The molecular weight excluding hydrogens is 370 g/mol. The Kier molecular flexibility index (Phi) is 9.22. The molecule has 0 atom stereocenters. The number of hydrogen-bond acceptors (Lipinski definition) is 5. The van der Waals surface area contributed by atoms with Crippen molar-refractivity contribution < 1.29 is 23.0 Å². The van der Waals surface area contributed by atoms with Gasteiger partial charge in [0.25, 0.3) is 0 Å². The topological polar surface area (TPSA) is 67.4 Å². The lowest BCUT2D eigenvalue weighted by atomic mass is 10.2. The Bertz CT molecular complexity index is 627. The summed E-state index contributed by atoms with van der Waals surface area (Å²) < 4.78 is 40.2. The van der Waals surface area contributed by atoms with E-state index < -0.39 is 6.61 Å². The Morgan fingerprint density at radius 3 is 2.64 bits per heavy atom. The molecule has 0 aromatic heterocycles. The number of nitrogens with zero attached hydrogens (tertiary/aromatic N) is 2. The van der Waals surface area contributed by atoms with Gasteiger partial charge in [0.2, 0.25) is 0 Å². The van der Waals surface area contributed by atoms with Crippen molar-refractivity contribution in [1.82, 2.24) is 15.5 Å². The Morgan fingerprint density at radius 2 is 2.04 bits per heavy atom. The monoisotopic (exact) mass is 400 g/mol. The van der Waals surface area contributed by atoms with Gasteiger partial charge in [0.1, 0.15) is 11.5 Å². The quantitative estimate of drug-likeness (QED) is 0.414. The molecule has 2 rings (SSSR count). The van der Waals surface area contributed by atoms with Crippen LogP contribution in [0.5, 0.6) is 11.5 Å². The minimum atomic E-state index is -2.88. The molecule has 0 unspecified atom stereocenters. The van der Waals surface area contributed by atoms with Gasteiger partial charge in [-0.3, -0.25) is 9.89 Å². The molecule has 28 heavy (non-hydrogen) atoms. The molecule has 1 aliphatic carbocycles. The summed E-state index contributed by atoms with van der Waals surface area (Å²) in [6.07, 6.45) is 2.47. The van der Waals surface area contributed by atoms with Crippen LogP contribution in [0.15, 0.2) is 23.2 Å². The van der Waals surface area contributed by atoms with Crippen LogP contribution in [-0.4, -0.2) is 71.0 Å². The predicted molar refractivity (Wildman–Crippen MR) is 104 cm³/mol. The maximum atomic E-state index is 12.6. The van der Waals surface area contributed by atoms with Crippen molar-refractivity contribution in [2.24, 2.45) is 4.99 Å². The number of guanidine groups is 1. The van der Waals surface area contributed by atoms with E-state index >= 15 is 0 Å². The van der Waals surface area contributed by atoms with E-state index in [4.69, 9.17) is 9.47 Å². The van der Waals surface area contributed by atoms with Gasteiger partial charge >= 0.3 is 6.61 Å². The highest BCUT2D eigenvalue weighted by Crippen LogP contribution is 2.26. The van der Waals surface area contributed by atoms with Crippen LogP contribution in [0.3, 0.4) is 0 Å². The zero-order chi connectivity index (χ0) is 20.4. The van der Waals surface area contributed by atoms with Crippen molar-refractivity contribution in [1.29, 1.82) is 0 Å². The van der Waals surface area contributed by atoms with E-state index in [1.54, 1.807) is 26.3 Å². The first-order valence-corrected chi connectivity index (χ1v) is 9.36. The van der Waals surface area contributed by atoms with E-state index in [0.29, 0.717) is 29.9 Å². The molecule has 7 nitrogen and oxygen atoms in total. The molecule has 1 aromatic rings. The number of methoxy groups -OCH3 is 2. The molecule has 1 fully saturated rings. The standard InChI is InChI=1S/C19H30F2N4O3/c1-22-19(23-8-9-25(10-11-26-2)15-4-5-15)24-13-14-12-16(27-3)6-7-17(14)28-18(20)21/h6-7,12,15,18H,4-5,8-11,13H2,1-3H3,(H2,22,23,24). The number of hydrogen-bond donors (Lipinski definition) is 2. The van der Waals surface area contributed by atoms with Gasteiger partial charge in [0, 0.05) is 51.9 Å². The molecule has 0 amide bonds. The van der Waals surface area contributed by atoms with Crippen molar-refractivity contribution in [3.8, 4) is 11.5 Å². The molecule has 1 aliphatic rings. The third-order valence-corrected chi connectivity index (χ3v) is 4.49. The molecule has 0 saturated heterocycles. The Balaban J connectivity index is 1.85. The number of alkyl halides is 2. The number of benzene rings is 1. The fourth-order valence-electron chi connectivity index (χ4n) is 2.87. The molecule has 0 aliphatic heterocycles. The third kappa shape index (κ3) is 7.47. The van der Waals surface area contributed by atoms with E-state index in [1.807, 2.05) is 0 Å². The molecule has 2 N–H and O–H groups in total. The van der Waals surface area contributed by atoms with Gasteiger partial charge in [-0.2, -0.15) is 8.78 Å². The summed E-state index contributed by atoms with van der Waals surface area (Å²) in [5.41, 5.74) is 0.558. The fraction of sp³-hybridized carbons (Fsp3) is 0.632. The van der Waals surface area contributed by atoms with Crippen LogP contribution < -0.4 is 20.1 Å². The van der Waals surface area contributed by atoms with Crippen LogP contribution in [0.1, 0.15) is 18.4 Å². The molecule has 1 saturated carbocycles. The molecule has 0 radical (unpaired) electrons. The SMILES string of the molecule is CN=C(NCCN(CCOC)C1CC1)NCc1cc(OC)ccc1OC(F)F. The molecule has 0 bridgehead atoms. The summed E-state index contributed by atoms with van der Waals surface area (Å²) in [4.78, 5) is 6.59. The molecule has 9 heteroatoms. The van der Waals surface area contributed by atoms with E-state index in [9.17, 15) is 8.78 Å². The maximum Gasteiger partial charge on any atom is 0.387 e. The maximum absolute atomic E-state index is 12.6. The average molecular weight is 400 g/mol. The molecule has 0 heterocycles. The van der Waals surface area contributed by atoms with Gasteiger partial charge < -0.3 is 24.8 Å². The van der Waals surface area contributed by atoms with Gasteiger partial charge in [-0.25, -0.2) is 0 Å². The molecular formula is C19H30F2N4O3. The van der Waals surface area contributed by atoms with Gasteiger partial charge in [-0.1, -0.05) is 0 Å². The Labute approximate surface area is 165 Å². The summed E-state index contributed by atoms with van der Waals surface area (Å²) in [6, 6.07) is 5.37. The van der Waals surface area contributed by atoms with Crippen molar-refractivity contribution >= 4 is 5.96 Å². The van der Waals surface area contributed by atoms with E-state index in [0.717, 1.165) is 19.6 Å². The van der Waals surface area contributed by atoms with E-state index in [-0.39, 0.29) is 12.3 Å². The number of nitrogens with one attached hydrogen (secondary N) is 2. The highest BCUT2D eigenvalue weighted by Gasteiger charge is 2.28. The van der Waals surface area contributed by atoms with Crippen molar-refractivity contribution in [3.63, 3.8) is 0 Å². The second-order valence-electron chi connectivity index (χ2n) is 6.46. The van der Waals surface area contributed by atoms with Crippen LogP contribution in [0.4, 0.5) is 8.78 Å². The van der Waals surface area contributed by atoms with Gasteiger partial charge in [0.05, 0.1) is 13.7 Å². The summed E-state index contributed by atoms with van der Waals surface area (Å²) >= 11 is 0. The van der Waals surface area contributed by atoms with Crippen molar-refractivity contribution in [2.75, 3.05) is 47.5 Å². The van der Waals surface area contributed by atoms with Gasteiger partial charge in [-0.05, 0) is 31.0 Å². The summed E-state index contributed by atoms with van der Waals surface area (Å²) in [5, 5.41) is 6.38. The average Bonchev–Trinajstić information content (AvgIpc) is 3.52. The Hall–Kier alpha value is -2.13. The van der Waals surface area contributed by atoms with Crippen molar-refractivity contribution in [2.45, 2.75) is 32.0 Å². The van der Waals surface area contributed by atoms with E-state index in [2.05, 4.69) is 25.3 Å². The highest BCUT2D eigenvalue weighted by atomic mass is 19.3. The summed E-state index contributed by atoms with van der Waals surface area (Å²) in [6.45, 7) is 0.616. The fourth-order valence-corrected chi connectivity index (χ4v) is 2.87. The minimum Gasteiger partial charge on any atom is -0.497 e. The van der Waals surface area contributed by atoms with Crippen LogP contribution in [0.25, 0.3) is 0 Å². The minimum absolute atomic E-state index is 0.109. The van der Waals surface area contributed by atoms with Crippen LogP contribution in [0.2, 0.25) is 0 Å². The number of ether oxygens (including phenoxy) is 3. The smallest absolute Gasteiger partial charge is 0.387 e.